The van der Waals surface area contributed by atoms with Crippen LogP contribution in [0.2, 0.25) is 0 Å². The van der Waals surface area contributed by atoms with Crippen molar-refractivity contribution in [2.24, 2.45) is 11.5 Å². The van der Waals surface area contributed by atoms with E-state index in [2.05, 4.69) is 5.32 Å². The van der Waals surface area contributed by atoms with Crippen molar-refractivity contribution in [1.29, 1.82) is 5.41 Å². The van der Waals surface area contributed by atoms with Gasteiger partial charge in [-0.05, 0) is 0 Å². The molecule has 0 rings (SSSR count). The van der Waals surface area contributed by atoms with Crippen molar-refractivity contribution >= 4 is 16.9 Å². The van der Waals surface area contributed by atoms with Crippen LogP contribution in [0.4, 0.5) is 0 Å². The Labute approximate surface area is 65.2 Å². The molecule has 0 aromatic heterocycles. The first-order chi connectivity index (χ1) is 4.77. The Morgan fingerprint density at radius 2 is 2.20 bits per heavy atom. The number of nitrogens with one attached hydrogen (secondary N) is 2. The Bertz CT molecular complexity index is 95.6. The minimum absolute atomic E-state index is 0.176. The average Bonchev–Trinajstić information content (AvgIpc) is 1.87. The Balaban J connectivity index is 2.84. The van der Waals surface area contributed by atoms with E-state index in [1.165, 1.54) is 11.8 Å². The van der Waals surface area contributed by atoms with Gasteiger partial charge in [0.25, 0.3) is 0 Å². The molecular formula is C5H14N4S. The summed E-state index contributed by atoms with van der Waals surface area (Å²) in [6.45, 7) is 2.35. The van der Waals surface area contributed by atoms with Gasteiger partial charge in [0.15, 0.2) is 5.17 Å². The first-order valence-electron chi connectivity index (χ1n) is 3.15. The molecule has 0 unspecified atom stereocenters. The number of rotatable bonds is 5. The van der Waals surface area contributed by atoms with Crippen molar-refractivity contribution in [3.05, 3.63) is 0 Å². The predicted octanol–water partition coefficient (Wildman–Crippen LogP) is -0.839. The highest BCUT2D eigenvalue weighted by Crippen LogP contribution is 1.93. The third-order valence-corrected chi connectivity index (χ3v) is 1.58. The van der Waals surface area contributed by atoms with E-state index in [0.29, 0.717) is 6.54 Å². The molecule has 6 N–H and O–H groups in total. The largest absolute Gasteiger partial charge is 0.379 e. The van der Waals surface area contributed by atoms with Gasteiger partial charge in [-0.15, -0.1) is 0 Å². The summed E-state index contributed by atoms with van der Waals surface area (Å²) in [5.74, 6) is 0.843. The van der Waals surface area contributed by atoms with Gasteiger partial charge in [-0.3, -0.25) is 5.41 Å². The Morgan fingerprint density at radius 3 is 2.70 bits per heavy atom. The monoisotopic (exact) mass is 162 g/mol. The molecule has 0 aromatic carbocycles. The number of nitrogens with two attached hydrogens (primary N) is 2. The van der Waals surface area contributed by atoms with Crippen LogP contribution < -0.4 is 16.8 Å². The molecule has 0 spiro atoms. The number of amidine groups is 1. The molecule has 0 saturated heterocycles. The van der Waals surface area contributed by atoms with Gasteiger partial charge < -0.3 is 16.8 Å². The molecule has 0 fully saturated rings. The van der Waals surface area contributed by atoms with E-state index in [0.717, 1.165) is 18.8 Å². The fraction of sp³-hybridized carbons (Fsp3) is 0.800. The summed E-state index contributed by atoms with van der Waals surface area (Å²) in [6, 6.07) is 0. The van der Waals surface area contributed by atoms with Gasteiger partial charge in [0.2, 0.25) is 0 Å². The molecular weight excluding hydrogens is 148 g/mol. The zero-order valence-corrected chi connectivity index (χ0v) is 6.71. The zero-order chi connectivity index (χ0) is 7.82. The molecule has 0 aliphatic carbocycles. The van der Waals surface area contributed by atoms with Crippen LogP contribution in [-0.2, 0) is 0 Å². The second kappa shape index (κ2) is 6.85. The Hall–Kier alpha value is -0.260. The lowest BCUT2D eigenvalue weighted by Gasteiger charge is -2.00. The van der Waals surface area contributed by atoms with Crippen LogP contribution in [-0.4, -0.2) is 30.6 Å². The highest BCUT2D eigenvalue weighted by molar-refractivity contribution is 8.13. The van der Waals surface area contributed by atoms with E-state index in [1.807, 2.05) is 0 Å². The van der Waals surface area contributed by atoms with Gasteiger partial charge >= 0.3 is 0 Å². The van der Waals surface area contributed by atoms with Crippen molar-refractivity contribution < 1.29 is 0 Å². The summed E-state index contributed by atoms with van der Waals surface area (Å²) in [5.41, 5.74) is 10.3. The molecule has 0 bridgehead atoms. The van der Waals surface area contributed by atoms with Crippen molar-refractivity contribution in [3.63, 3.8) is 0 Å². The minimum Gasteiger partial charge on any atom is -0.379 e. The molecule has 4 nitrogen and oxygen atoms in total. The summed E-state index contributed by atoms with van der Waals surface area (Å²) in [5, 5.41) is 10.1. The zero-order valence-electron chi connectivity index (χ0n) is 5.89. The predicted molar refractivity (Wildman–Crippen MR) is 46.3 cm³/mol. The molecule has 0 aromatic rings. The van der Waals surface area contributed by atoms with Gasteiger partial charge in [-0.1, -0.05) is 11.8 Å². The van der Waals surface area contributed by atoms with Gasteiger partial charge in [0.05, 0.1) is 0 Å². The van der Waals surface area contributed by atoms with Gasteiger partial charge in [0.1, 0.15) is 0 Å². The maximum atomic E-state index is 6.86. The Kier molecular flexibility index (Phi) is 6.68. The summed E-state index contributed by atoms with van der Waals surface area (Å²) >= 11 is 1.34. The van der Waals surface area contributed by atoms with Crippen molar-refractivity contribution in [2.45, 2.75) is 0 Å². The van der Waals surface area contributed by atoms with Crippen LogP contribution >= 0.6 is 11.8 Å². The van der Waals surface area contributed by atoms with E-state index >= 15 is 0 Å². The smallest absolute Gasteiger partial charge is 0.151 e. The van der Waals surface area contributed by atoms with Gasteiger partial charge in [-0.2, -0.15) is 0 Å². The molecule has 60 valence electrons. The standard InChI is InChI=1S/C5H14N4S/c6-1-2-9-3-4-10-5(7)8/h9H,1-4,6H2,(H3,7,8). The molecule has 0 radical (unpaired) electrons. The number of hydrogen-bond acceptors (Lipinski definition) is 4. The van der Waals surface area contributed by atoms with Crippen LogP contribution in [0, 0.1) is 5.41 Å². The van der Waals surface area contributed by atoms with Gasteiger partial charge in [-0.25, -0.2) is 0 Å². The van der Waals surface area contributed by atoms with Crippen LogP contribution in [0.3, 0.4) is 0 Å². The van der Waals surface area contributed by atoms with Gasteiger partial charge in [0, 0.05) is 25.4 Å². The first-order valence-corrected chi connectivity index (χ1v) is 4.13. The Morgan fingerprint density at radius 1 is 1.50 bits per heavy atom. The van der Waals surface area contributed by atoms with E-state index in [1.54, 1.807) is 0 Å². The highest BCUT2D eigenvalue weighted by Gasteiger charge is 1.89. The van der Waals surface area contributed by atoms with E-state index in [-0.39, 0.29) is 5.17 Å². The summed E-state index contributed by atoms with van der Waals surface area (Å²) in [7, 11) is 0. The minimum atomic E-state index is 0.176. The number of hydrogen-bond donors (Lipinski definition) is 4. The second-order valence-electron chi connectivity index (χ2n) is 1.75. The summed E-state index contributed by atoms with van der Waals surface area (Å²) < 4.78 is 0. The fourth-order valence-corrected chi connectivity index (χ4v) is 0.927. The molecule has 0 aliphatic heterocycles. The van der Waals surface area contributed by atoms with Crippen molar-refractivity contribution in [2.75, 3.05) is 25.4 Å². The highest BCUT2D eigenvalue weighted by atomic mass is 32.2. The molecule has 0 atom stereocenters. The topological polar surface area (TPSA) is 87.9 Å². The SMILES string of the molecule is N=C(N)SCCNCCN. The normalized spacial score (nSPS) is 9.70. The van der Waals surface area contributed by atoms with E-state index in [4.69, 9.17) is 16.9 Å². The van der Waals surface area contributed by atoms with Crippen LogP contribution in [0.15, 0.2) is 0 Å². The lowest BCUT2D eigenvalue weighted by Crippen LogP contribution is -2.25. The maximum Gasteiger partial charge on any atom is 0.151 e. The number of thioether (sulfide) groups is 1. The lowest BCUT2D eigenvalue weighted by molar-refractivity contribution is 0.730. The first kappa shape index (κ1) is 9.74. The van der Waals surface area contributed by atoms with Crippen LogP contribution in [0.5, 0.6) is 0 Å². The quantitative estimate of drug-likeness (QED) is 0.241. The molecule has 0 heterocycles. The lowest BCUT2D eigenvalue weighted by atomic mass is 10.6. The molecule has 5 heteroatoms. The summed E-state index contributed by atoms with van der Waals surface area (Å²) in [4.78, 5) is 0. The van der Waals surface area contributed by atoms with Crippen molar-refractivity contribution in [3.8, 4) is 0 Å². The fourth-order valence-electron chi connectivity index (χ4n) is 0.460. The molecule has 10 heavy (non-hydrogen) atoms. The van der Waals surface area contributed by atoms with E-state index in [9.17, 15) is 0 Å². The second-order valence-corrected chi connectivity index (χ2v) is 2.89. The third kappa shape index (κ3) is 7.74. The molecule has 0 saturated carbocycles. The van der Waals surface area contributed by atoms with Crippen LogP contribution in [0.25, 0.3) is 0 Å². The van der Waals surface area contributed by atoms with Crippen molar-refractivity contribution in [1.82, 2.24) is 5.32 Å². The molecule has 0 amide bonds. The summed E-state index contributed by atoms with van der Waals surface area (Å²) in [6.07, 6.45) is 0. The van der Waals surface area contributed by atoms with Crippen LogP contribution in [0.1, 0.15) is 0 Å². The molecule has 0 aliphatic rings. The van der Waals surface area contributed by atoms with E-state index < -0.39 is 0 Å². The maximum absolute atomic E-state index is 6.86. The average molecular weight is 162 g/mol. The third-order valence-electron chi connectivity index (χ3n) is 0.858.